The molecule has 2 aromatic carbocycles. The Morgan fingerprint density at radius 2 is 1.70 bits per heavy atom. The molecule has 0 bridgehead atoms. The second-order valence-electron chi connectivity index (χ2n) is 7.25. The second-order valence-corrected chi connectivity index (χ2v) is 9.08. The van der Waals surface area contributed by atoms with Crippen LogP contribution < -0.4 is 0 Å². The Hall–Kier alpha value is -2.41. The first-order chi connectivity index (χ1) is 14.5. The number of epoxide rings is 1. The number of halogens is 2. The van der Waals surface area contributed by atoms with Crippen molar-refractivity contribution in [1.29, 1.82) is 0 Å². The van der Waals surface area contributed by atoms with E-state index in [-0.39, 0.29) is 23.4 Å². The van der Waals surface area contributed by atoms with Crippen LogP contribution >= 0.6 is 31.9 Å². The molecule has 30 heavy (non-hydrogen) atoms. The van der Waals surface area contributed by atoms with Crippen LogP contribution in [0.5, 0.6) is 0 Å². The van der Waals surface area contributed by atoms with Crippen molar-refractivity contribution in [2.45, 2.75) is 12.2 Å². The molecule has 3 atom stereocenters. The lowest BCUT2D eigenvalue weighted by Gasteiger charge is -2.26. The van der Waals surface area contributed by atoms with Crippen LogP contribution in [0.3, 0.4) is 0 Å². The maximum atomic E-state index is 13.4. The number of ketones is 1. The summed E-state index contributed by atoms with van der Waals surface area (Å²) in [6.07, 6.45) is 4.62. The van der Waals surface area contributed by atoms with Crippen molar-refractivity contribution >= 4 is 54.8 Å². The number of Topliss-reactive ketones (excluding diaryl/α,β-unsaturated/α-hetero) is 1. The molecule has 0 spiro atoms. The van der Waals surface area contributed by atoms with Crippen LogP contribution in [-0.4, -0.2) is 23.5 Å². The molecule has 148 valence electrons. The third-order valence-corrected chi connectivity index (χ3v) is 6.42. The summed E-state index contributed by atoms with van der Waals surface area (Å²) in [6, 6.07) is 17.2. The highest BCUT2D eigenvalue weighted by molar-refractivity contribution is 9.12. The fourth-order valence-electron chi connectivity index (χ4n) is 3.89. The predicted octanol–water partition coefficient (Wildman–Crippen LogP) is 5.36. The van der Waals surface area contributed by atoms with E-state index >= 15 is 0 Å². The van der Waals surface area contributed by atoms with E-state index in [1.165, 1.54) is 0 Å². The third kappa shape index (κ3) is 3.49. The summed E-state index contributed by atoms with van der Waals surface area (Å²) in [6.45, 7) is 0. The first-order valence-electron chi connectivity index (χ1n) is 9.46. The van der Waals surface area contributed by atoms with Crippen molar-refractivity contribution in [3.05, 3.63) is 98.5 Å². The molecule has 0 N–H and O–H groups in total. The largest absolute Gasteiger partial charge is 0.356 e. The van der Waals surface area contributed by atoms with E-state index < -0.39 is 12.0 Å². The highest BCUT2D eigenvalue weighted by Crippen LogP contribution is 2.44. The van der Waals surface area contributed by atoms with Crippen molar-refractivity contribution in [2.24, 2.45) is 10.9 Å². The number of dihydropyridines is 1. The predicted molar refractivity (Wildman–Crippen MR) is 122 cm³/mol. The highest BCUT2D eigenvalue weighted by atomic mass is 79.9. The number of rotatable bonds is 4. The zero-order valence-corrected chi connectivity index (χ0v) is 18.8. The molecule has 0 radical (unpaired) electrons. The molecule has 3 unspecified atom stereocenters. The van der Waals surface area contributed by atoms with Crippen molar-refractivity contribution in [3.8, 4) is 0 Å². The number of nitrogens with zero attached hydrogens (tertiary/aromatic N) is 1. The first-order valence-corrected chi connectivity index (χ1v) is 11.0. The summed E-state index contributed by atoms with van der Waals surface area (Å²) in [5.74, 6) is -1.09. The Morgan fingerprint density at radius 1 is 0.967 bits per heavy atom. The number of amides is 1. The zero-order valence-electron chi connectivity index (χ0n) is 15.6. The van der Waals surface area contributed by atoms with Crippen LogP contribution in [-0.2, 0) is 14.3 Å². The Labute approximate surface area is 190 Å². The van der Waals surface area contributed by atoms with E-state index in [1.807, 2.05) is 72.8 Å². The van der Waals surface area contributed by atoms with Crippen molar-refractivity contribution < 1.29 is 14.3 Å². The number of aliphatic imine (C=N–C) groups is 1. The van der Waals surface area contributed by atoms with E-state index in [4.69, 9.17) is 4.74 Å². The second kappa shape index (κ2) is 7.69. The van der Waals surface area contributed by atoms with Gasteiger partial charge in [-0.05, 0) is 41.0 Å². The average molecular weight is 525 g/mol. The van der Waals surface area contributed by atoms with Crippen LogP contribution in [0.25, 0.3) is 5.57 Å². The molecule has 1 saturated heterocycles. The molecule has 1 aliphatic carbocycles. The molecule has 1 amide bonds. The van der Waals surface area contributed by atoms with Crippen molar-refractivity contribution in [3.63, 3.8) is 0 Å². The third-order valence-electron chi connectivity index (χ3n) is 5.36. The summed E-state index contributed by atoms with van der Waals surface area (Å²) in [5, 5.41) is 0. The number of benzene rings is 2. The van der Waals surface area contributed by atoms with Gasteiger partial charge in [-0.3, -0.25) is 9.59 Å². The Kier molecular flexibility index (Phi) is 5.01. The smallest absolute Gasteiger partial charge is 0.281 e. The van der Waals surface area contributed by atoms with Gasteiger partial charge in [0, 0.05) is 14.9 Å². The van der Waals surface area contributed by atoms with Gasteiger partial charge < -0.3 is 4.74 Å². The van der Waals surface area contributed by atoms with Crippen LogP contribution in [0.1, 0.15) is 17.2 Å². The number of allylic oxidation sites excluding steroid dienone is 5. The quantitative estimate of drug-likeness (QED) is 0.399. The molecular formula is C24H15Br2NO3. The maximum Gasteiger partial charge on any atom is 0.281 e. The van der Waals surface area contributed by atoms with E-state index in [0.717, 1.165) is 20.1 Å². The first kappa shape index (κ1) is 19.5. The van der Waals surface area contributed by atoms with Gasteiger partial charge in [-0.15, -0.1) is 0 Å². The lowest BCUT2D eigenvalue weighted by atomic mass is 9.79. The summed E-state index contributed by atoms with van der Waals surface area (Å²) in [5.41, 5.74) is 3.18. The van der Waals surface area contributed by atoms with Gasteiger partial charge in [0.15, 0.2) is 6.10 Å². The zero-order chi connectivity index (χ0) is 20.8. The minimum Gasteiger partial charge on any atom is -0.356 e. The summed E-state index contributed by atoms with van der Waals surface area (Å²) < 4.78 is 7.55. The minimum absolute atomic E-state index is 0.117. The van der Waals surface area contributed by atoms with Gasteiger partial charge in [-0.2, -0.15) is 0 Å². The molecule has 0 aromatic heterocycles. The topological polar surface area (TPSA) is 59.0 Å². The van der Waals surface area contributed by atoms with Crippen molar-refractivity contribution in [2.75, 3.05) is 0 Å². The number of hydrogen-bond donors (Lipinski definition) is 0. The molecule has 1 fully saturated rings. The Balaban J connectivity index is 1.57. The average Bonchev–Trinajstić information content (AvgIpc) is 3.55. The molecule has 0 saturated carbocycles. The van der Waals surface area contributed by atoms with Crippen LogP contribution in [0, 0.1) is 5.92 Å². The number of carbonyl (C=O) groups is 2. The van der Waals surface area contributed by atoms with Gasteiger partial charge in [-0.25, -0.2) is 4.99 Å². The van der Waals surface area contributed by atoms with Crippen molar-refractivity contribution in [1.82, 2.24) is 0 Å². The molecule has 3 aliphatic rings. The molecule has 2 heterocycles. The SMILES string of the molecule is O=C1N=C2C=CC(Br)=CC2C(c2ccccc2)=C1C(=O)C1OC1c1ccc(Br)cc1. The fraction of sp³-hybridized carbons (Fsp3) is 0.125. The number of ether oxygens (including phenoxy) is 1. The van der Waals surface area contributed by atoms with E-state index in [9.17, 15) is 9.59 Å². The van der Waals surface area contributed by atoms with Gasteiger partial charge in [0.25, 0.3) is 5.91 Å². The molecule has 2 aliphatic heterocycles. The van der Waals surface area contributed by atoms with Gasteiger partial charge in [0.2, 0.25) is 5.78 Å². The lowest BCUT2D eigenvalue weighted by Crippen LogP contribution is -2.29. The summed E-state index contributed by atoms with van der Waals surface area (Å²) >= 11 is 6.92. The van der Waals surface area contributed by atoms with Gasteiger partial charge in [-0.1, -0.05) is 80.4 Å². The summed E-state index contributed by atoms with van der Waals surface area (Å²) in [4.78, 5) is 30.6. The van der Waals surface area contributed by atoms with Gasteiger partial charge in [0.05, 0.1) is 11.3 Å². The normalized spacial score (nSPS) is 24.9. The van der Waals surface area contributed by atoms with E-state index in [1.54, 1.807) is 0 Å². The van der Waals surface area contributed by atoms with Gasteiger partial charge in [0.1, 0.15) is 6.10 Å². The van der Waals surface area contributed by atoms with Crippen LogP contribution in [0.2, 0.25) is 0 Å². The van der Waals surface area contributed by atoms with E-state index in [0.29, 0.717) is 11.3 Å². The number of fused-ring (bicyclic) bond motifs is 1. The standard InChI is InChI=1S/C24H15Br2NO3/c25-15-8-6-14(7-9-15)22-23(30-22)21(28)20-19(13-4-2-1-3-5-13)17-12-16(26)10-11-18(17)27-24(20)29/h1-12,17,22-23H. The summed E-state index contributed by atoms with van der Waals surface area (Å²) in [7, 11) is 0. The lowest BCUT2D eigenvalue weighted by molar-refractivity contribution is -0.121. The van der Waals surface area contributed by atoms with Crippen LogP contribution in [0.4, 0.5) is 0 Å². The molecule has 5 rings (SSSR count). The van der Waals surface area contributed by atoms with Crippen LogP contribution in [0.15, 0.2) is 92.3 Å². The fourth-order valence-corrected chi connectivity index (χ4v) is 4.55. The monoisotopic (exact) mass is 523 g/mol. The molecule has 4 nitrogen and oxygen atoms in total. The van der Waals surface area contributed by atoms with Gasteiger partial charge >= 0.3 is 0 Å². The molecular weight excluding hydrogens is 510 g/mol. The molecule has 6 heteroatoms. The van der Waals surface area contributed by atoms with E-state index in [2.05, 4.69) is 36.9 Å². The molecule has 2 aromatic rings. The number of carbonyl (C=O) groups excluding carboxylic acids is 2. The minimum atomic E-state index is -0.674. The maximum absolute atomic E-state index is 13.4. The Bertz CT molecular complexity index is 1180. The number of hydrogen-bond acceptors (Lipinski definition) is 3. The Morgan fingerprint density at radius 3 is 2.43 bits per heavy atom. The highest BCUT2D eigenvalue weighted by Gasteiger charge is 2.50.